The lowest BCUT2D eigenvalue weighted by Crippen LogP contribution is -2.50. The zero-order chi connectivity index (χ0) is 22.5. The zero-order valence-electron chi connectivity index (χ0n) is 17.7. The van der Waals surface area contributed by atoms with Gasteiger partial charge in [0.25, 0.3) is 0 Å². The number of amides is 3. The Morgan fingerprint density at radius 1 is 1.35 bits per heavy atom. The molecule has 0 bridgehead atoms. The molecule has 3 amide bonds. The fourth-order valence-electron chi connectivity index (χ4n) is 3.02. The third-order valence-electron chi connectivity index (χ3n) is 4.93. The molecule has 1 heterocycles. The molecule has 170 valence electrons. The van der Waals surface area contributed by atoms with Gasteiger partial charge in [-0.25, -0.2) is 14.6 Å². The Hall–Kier alpha value is -2.69. The number of hydrogen-bond acceptors (Lipinski definition) is 7. The van der Waals surface area contributed by atoms with Gasteiger partial charge in [-0.15, -0.1) is 0 Å². The van der Waals surface area contributed by atoms with Crippen LogP contribution < -0.4 is 20.9 Å². The molecule has 1 aliphatic carbocycles. The lowest BCUT2D eigenvalue weighted by molar-refractivity contribution is -0.122. The first-order valence-electron chi connectivity index (χ1n) is 10.2. The second-order valence-electron chi connectivity index (χ2n) is 8.37. The van der Waals surface area contributed by atoms with E-state index >= 15 is 0 Å². The van der Waals surface area contributed by atoms with E-state index < -0.39 is 17.4 Å². The van der Waals surface area contributed by atoms with E-state index in [4.69, 9.17) is 9.47 Å². The van der Waals surface area contributed by atoms with Crippen molar-refractivity contribution in [3.05, 3.63) is 41.9 Å². The van der Waals surface area contributed by atoms with E-state index in [0.29, 0.717) is 6.54 Å². The SMILES string of the molecule is CC(C)(O)COc1cc(C2(NN/C=C/COCN3CCC(=O)NC3=O)CC2)ccc1F. The summed E-state index contributed by atoms with van der Waals surface area (Å²) in [5.41, 5.74) is 5.76. The highest BCUT2D eigenvalue weighted by Gasteiger charge is 2.44. The third kappa shape index (κ3) is 6.65. The summed E-state index contributed by atoms with van der Waals surface area (Å²) in [4.78, 5) is 24.1. The van der Waals surface area contributed by atoms with Crippen LogP contribution in [0.15, 0.2) is 30.5 Å². The summed E-state index contributed by atoms with van der Waals surface area (Å²) in [7, 11) is 0. The van der Waals surface area contributed by atoms with E-state index in [1.165, 1.54) is 11.0 Å². The van der Waals surface area contributed by atoms with Gasteiger partial charge in [-0.3, -0.25) is 10.1 Å². The number of urea groups is 1. The number of nitrogens with one attached hydrogen (secondary N) is 3. The van der Waals surface area contributed by atoms with E-state index in [1.807, 2.05) is 0 Å². The first kappa shape index (κ1) is 23.0. The first-order valence-corrected chi connectivity index (χ1v) is 10.2. The maximum Gasteiger partial charge on any atom is 0.325 e. The third-order valence-corrected chi connectivity index (χ3v) is 4.93. The molecule has 2 aliphatic rings. The van der Waals surface area contributed by atoms with Gasteiger partial charge in [-0.05, 0) is 50.5 Å². The van der Waals surface area contributed by atoms with Gasteiger partial charge < -0.3 is 24.9 Å². The van der Waals surface area contributed by atoms with Crippen LogP contribution in [0.4, 0.5) is 9.18 Å². The summed E-state index contributed by atoms with van der Waals surface area (Å²) >= 11 is 0. The van der Waals surface area contributed by atoms with Gasteiger partial charge in [0.05, 0.1) is 17.7 Å². The van der Waals surface area contributed by atoms with Crippen LogP contribution in [0.5, 0.6) is 5.75 Å². The van der Waals surface area contributed by atoms with Crippen LogP contribution in [0.1, 0.15) is 38.7 Å². The maximum absolute atomic E-state index is 14.0. The number of carbonyl (C=O) groups is 2. The summed E-state index contributed by atoms with van der Waals surface area (Å²) in [6.07, 6.45) is 5.47. The van der Waals surface area contributed by atoms with Gasteiger partial charge in [-0.1, -0.05) is 6.07 Å². The van der Waals surface area contributed by atoms with Crippen LogP contribution in [-0.2, 0) is 15.1 Å². The zero-order valence-corrected chi connectivity index (χ0v) is 17.7. The van der Waals surface area contributed by atoms with E-state index in [2.05, 4.69) is 16.2 Å². The average molecular weight is 436 g/mol. The molecular formula is C21H29FN4O5. The molecule has 0 aromatic heterocycles. The van der Waals surface area contributed by atoms with Gasteiger partial charge in [-0.2, -0.15) is 0 Å². The highest BCUT2D eigenvalue weighted by Crippen LogP contribution is 2.46. The number of rotatable bonds is 11. The van der Waals surface area contributed by atoms with Gasteiger partial charge in [0.1, 0.15) is 13.3 Å². The molecule has 0 spiro atoms. The van der Waals surface area contributed by atoms with Crippen molar-refractivity contribution in [2.75, 3.05) is 26.5 Å². The number of ether oxygens (including phenoxy) is 2. The van der Waals surface area contributed by atoms with Gasteiger partial charge in [0, 0.05) is 19.2 Å². The first-order chi connectivity index (χ1) is 14.7. The van der Waals surface area contributed by atoms with Crippen molar-refractivity contribution in [1.29, 1.82) is 0 Å². The summed E-state index contributed by atoms with van der Waals surface area (Å²) in [6.45, 7) is 3.91. The number of imide groups is 1. The molecule has 4 N–H and O–H groups in total. The molecule has 0 atom stereocenters. The predicted molar refractivity (Wildman–Crippen MR) is 110 cm³/mol. The van der Waals surface area contributed by atoms with Crippen molar-refractivity contribution in [3.63, 3.8) is 0 Å². The molecule has 1 aromatic carbocycles. The summed E-state index contributed by atoms with van der Waals surface area (Å²) in [6, 6.07) is 4.30. The maximum atomic E-state index is 14.0. The standard InChI is InChI=1S/C21H29FN4O5/c1-20(2,29)13-31-17-12-15(4-5-16(17)22)21(7-8-21)25-23-9-3-11-30-14-26-10-6-18(27)24-19(26)28/h3-5,9,12,23,25,29H,6-8,10-11,13-14H2,1-2H3,(H,24,27,28)/b9-3+. The van der Waals surface area contributed by atoms with Crippen molar-refractivity contribution < 1.29 is 28.6 Å². The molecule has 1 saturated heterocycles. The minimum absolute atomic E-state index is 0.00974. The minimum atomic E-state index is -1.05. The fourth-order valence-corrected chi connectivity index (χ4v) is 3.02. The van der Waals surface area contributed by atoms with E-state index in [9.17, 15) is 19.1 Å². The van der Waals surface area contributed by atoms with Crippen molar-refractivity contribution >= 4 is 11.9 Å². The van der Waals surface area contributed by atoms with Crippen LogP contribution in [0.25, 0.3) is 0 Å². The quantitative estimate of drug-likeness (QED) is 0.307. The number of nitrogens with zero attached hydrogens (tertiary/aromatic N) is 1. The number of benzene rings is 1. The average Bonchev–Trinajstić information content (AvgIpc) is 3.48. The molecule has 1 saturated carbocycles. The summed E-state index contributed by atoms with van der Waals surface area (Å²) in [5, 5.41) is 12.0. The molecular weight excluding hydrogens is 407 g/mol. The van der Waals surface area contributed by atoms with Crippen molar-refractivity contribution in [2.45, 2.75) is 44.2 Å². The van der Waals surface area contributed by atoms with Crippen molar-refractivity contribution in [3.8, 4) is 5.75 Å². The molecule has 0 radical (unpaired) electrons. The monoisotopic (exact) mass is 436 g/mol. The van der Waals surface area contributed by atoms with Gasteiger partial charge in [0.2, 0.25) is 5.91 Å². The molecule has 9 nitrogen and oxygen atoms in total. The highest BCUT2D eigenvalue weighted by molar-refractivity contribution is 5.96. The largest absolute Gasteiger partial charge is 0.488 e. The van der Waals surface area contributed by atoms with Crippen LogP contribution in [0.2, 0.25) is 0 Å². The lowest BCUT2D eigenvalue weighted by Gasteiger charge is -2.25. The Kier molecular flexibility index (Phi) is 7.14. The van der Waals surface area contributed by atoms with E-state index in [1.54, 1.807) is 38.3 Å². The Labute approximate surface area is 180 Å². The second kappa shape index (κ2) is 9.63. The van der Waals surface area contributed by atoms with Crippen LogP contribution in [-0.4, -0.2) is 54.0 Å². The Bertz CT molecular complexity index is 836. The molecule has 3 rings (SSSR count). The Balaban J connectivity index is 1.42. The predicted octanol–water partition coefficient (Wildman–Crippen LogP) is 1.49. The van der Waals surface area contributed by atoms with Crippen LogP contribution in [0.3, 0.4) is 0 Å². The van der Waals surface area contributed by atoms with Gasteiger partial charge in [0.15, 0.2) is 11.6 Å². The number of carbonyl (C=O) groups excluding carboxylic acids is 2. The van der Waals surface area contributed by atoms with Crippen molar-refractivity contribution in [1.82, 2.24) is 21.1 Å². The Morgan fingerprint density at radius 3 is 2.81 bits per heavy atom. The molecule has 2 fully saturated rings. The second-order valence-corrected chi connectivity index (χ2v) is 8.37. The molecule has 0 unspecified atom stereocenters. The molecule has 1 aliphatic heterocycles. The van der Waals surface area contributed by atoms with Crippen molar-refractivity contribution in [2.24, 2.45) is 0 Å². The summed E-state index contributed by atoms with van der Waals surface area (Å²) in [5.74, 6) is -0.636. The van der Waals surface area contributed by atoms with Gasteiger partial charge >= 0.3 is 6.03 Å². The fraction of sp³-hybridized carbons (Fsp3) is 0.524. The molecule has 10 heteroatoms. The van der Waals surface area contributed by atoms with E-state index in [0.717, 1.165) is 18.4 Å². The normalized spacial score (nSPS) is 18.3. The Morgan fingerprint density at radius 2 is 2.13 bits per heavy atom. The number of aliphatic hydroxyl groups is 1. The summed E-state index contributed by atoms with van der Waals surface area (Å²) < 4.78 is 24.9. The topological polar surface area (TPSA) is 112 Å². The molecule has 1 aromatic rings. The van der Waals surface area contributed by atoms with E-state index in [-0.39, 0.29) is 43.6 Å². The number of hydrazine groups is 1. The number of halogens is 1. The number of hydrogen-bond donors (Lipinski definition) is 4. The highest BCUT2D eigenvalue weighted by atomic mass is 19.1. The lowest BCUT2D eigenvalue weighted by atomic mass is 10.1. The molecule has 31 heavy (non-hydrogen) atoms. The van der Waals surface area contributed by atoms with Crippen LogP contribution in [0, 0.1) is 5.82 Å². The van der Waals surface area contributed by atoms with Crippen LogP contribution >= 0.6 is 0 Å². The minimum Gasteiger partial charge on any atom is -0.488 e. The smallest absolute Gasteiger partial charge is 0.325 e.